The van der Waals surface area contributed by atoms with E-state index < -0.39 is 0 Å². The van der Waals surface area contributed by atoms with Crippen LogP contribution in [-0.2, 0) is 4.79 Å². The summed E-state index contributed by atoms with van der Waals surface area (Å²) in [6.45, 7) is 1.77. The van der Waals surface area contributed by atoms with Crippen LogP contribution in [-0.4, -0.2) is 36.9 Å². The van der Waals surface area contributed by atoms with Gasteiger partial charge in [-0.2, -0.15) is 5.10 Å². The number of methoxy groups -OCH3 is 2. The quantitative estimate of drug-likeness (QED) is 0.668. The van der Waals surface area contributed by atoms with Crippen molar-refractivity contribution in [1.29, 1.82) is 0 Å². The number of aromatic nitrogens is 2. The molecule has 2 aromatic carbocycles. The molecule has 0 unspecified atom stereocenters. The fraction of sp³-hybridized carbons (Fsp3) is 0.200. The number of anilines is 1. The predicted molar refractivity (Wildman–Crippen MR) is 102 cm³/mol. The molecule has 27 heavy (non-hydrogen) atoms. The van der Waals surface area contributed by atoms with E-state index >= 15 is 0 Å². The van der Waals surface area contributed by atoms with Crippen LogP contribution >= 0.6 is 0 Å². The Bertz CT molecular complexity index is 922. The first-order chi connectivity index (χ1) is 13.1. The smallest absolute Gasteiger partial charge is 0.263 e. The summed E-state index contributed by atoms with van der Waals surface area (Å²) in [4.78, 5) is 12.3. The highest BCUT2D eigenvalue weighted by Gasteiger charge is 2.17. The van der Waals surface area contributed by atoms with Crippen molar-refractivity contribution in [3.8, 4) is 28.4 Å². The fourth-order valence-electron chi connectivity index (χ4n) is 2.70. The van der Waals surface area contributed by atoms with Crippen LogP contribution in [0.2, 0.25) is 0 Å². The third-order valence-electron chi connectivity index (χ3n) is 3.99. The van der Waals surface area contributed by atoms with Gasteiger partial charge in [-0.1, -0.05) is 24.3 Å². The lowest BCUT2D eigenvalue weighted by Gasteiger charge is -2.11. The molecule has 0 bridgehead atoms. The average Bonchev–Trinajstić information content (AvgIpc) is 3.06. The van der Waals surface area contributed by atoms with Crippen LogP contribution in [0.25, 0.3) is 11.1 Å². The maximum atomic E-state index is 12.3. The molecule has 3 aromatic rings. The molecule has 0 radical (unpaired) electrons. The number of aromatic amines is 1. The van der Waals surface area contributed by atoms with Crippen LogP contribution in [0.5, 0.6) is 17.2 Å². The predicted octanol–water partition coefficient (Wildman–Crippen LogP) is 3.42. The second-order valence-corrected chi connectivity index (χ2v) is 5.79. The summed E-state index contributed by atoms with van der Waals surface area (Å²) in [5.41, 5.74) is 2.45. The largest absolute Gasteiger partial charge is 0.493 e. The first-order valence-electron chi connectivity index (χ1n) is 8.37. The molecule has 2 N–H and O–H groups in total. The number of carbonyl (C=O) groups excluding carboxylic acids is 1. The molecule has 0 atom stereocenters. The molecule has 1 aromatic heterocycles. The van der Waals surface area contributed by atoms with Gasteiger partial charge in [-0.05, 0) is 36.8 Å². The number of hydrogen-bond donors (Lipinski definition) is 2. The highest BCUT2D eigenvalue weighted by Crippen LogP contribution is 2.36. The fourth-order valence-corrected chi connectivity index (χ4v) is 2.70. The first kappa shape index (κ1) is 18.3. The minimum Gasteiger partial charge on any atom is -0.493 e. The summed E-state index contributed by atoms with van der Waals surface area (Å²) in [5, 5.41) is 9.89. The summed E-state index contributed by atoms with van der Waals surface area (Å²) >= 11 is 0. The summed E-state index contributed by atoms with van der Waals surface area (Å²) < 4.78 is 16.1. The monoisotopic (exact) mass is 367 g/mol. The molecule has 7 nitrogen and oxygen atoms in total. The van der Waals surface area contributed by atoms with Gasteiger partial charge in [-0.15, -0.1) is 0 Å². The molecule has 1 amide bonds. The van der Waals surface area contributed by atoms with Crippen molar-refractivity contribution in [2.75, 3.05) is 26.1 Å². The van der Waals surface area contributed by atoms with Gasteiger partial charge in [0.1, 0.15) is 5.75 Å². The minimum atomic E-state index is -0.299. The Morgan fingerprint density at radius 1 is 1.07 bits per heavy atom. The van der Waals surface area contributed by atoms with Crippen molar-refractivity contribution in [3.05, 3.63) is 54.2 Å². The van der Waals surface area contributed by atoms with Crippen LogP contribution in [0, 0.1) is 6.92 Å². The maximum absolute atomic E-state index is 12.3. The zero-order chi connectivity index (χ0) is 19.2. The van der Waals surface area contributed by atoms with Gasteiger partial charge in [0.2, 0.25) is 0 Å². The number of hydrogen-bond acceptors (Lipinski definition) is 5. The SMILES string of the molecule is COc1ccc(-c2c(NC(=O)COc3ccccc3)n[nH]c2C)cc1OC. The van der Waals surface area contributed by atoms with E-state index in [0.717, 1.165) is 16.8 Å². The number of benzene rings is 2. The number of H-pyrrole nitrogens is 1. The number of ether oxygens (including phenoxy) is 3. The van der Waals surface area contributed by atoms with Crippen LogP contribution in [0.4, 0.5) is 5.82 Å². The number of nitrogens with zero attached hydrogens (tertiary/aromatic N) is 1. The van der Waals surface area contributed by atoms with Crippen LogP contribution in [0.3, 0.4) is 0 Å². The molecular weight excluding hydrogens is 346 g/mol. The van der Waals surface area contributed by atoms with Crippen molar-refractivity contribution >= 4 is 11.7 Å². The Hall–Kier alpha value is -3.48. The number of carbonyl (C=O) groups is 1. The van der Waals surface area contributed by atoms with Crippen molar-refractivity contribution < 1.29 is 19.0 Å². The number of para-hydroxylation sites is 1. The lowest BCUT2D eigenvalue weighted by atomic mass is 10.0. The molecule has 140 valence electrons. The third-order valence-corrected chi connectivity index (χ3v) is 3.99. The van der Waals surface area contributed by atoms with E-state index in [1.54, 1.807) is 26.4 Å². The Morgan fingerprint density at radius 2 is 1.81 bits per heavy atom. The second kappa shape index (κ2) is 8.27. The van der Waals surface area contributed by atoms with E-state index in [4.69, 9.17) is 14.2 Å². The van der Waals surface area contributed by atoms with Gasteiger partial charge < -0.3 is 19.5 Å². The molecule has 0 aliphatic rings. The van der Waals surface area contributed by atoms with Gasteiger partial charge in [-0.25, -0.2) is 0 Å². The standard InChI is InChI=1S/C20H21N3O4/c1-13-19(14-9-10-16(25-2)17(11-14)26-3)20(23-22-13)21-18(24)12-27-15-7-5-4-6-8-15/h4-11H,12H2,1-3H3,(H2,21,22,23,24). The molecule has 0 spiro atoms. The summed E-state index contributed by atoms with van der Waals surface area (Å²) in [6, 6.07) is 14.7. The highest BCUT2D eigenvalue weighted by atomic mass is 16.5. The normalized spacial score (nSPS) is 10.3. The van der Waals surface area contributed by atoms with Crippen molar-refractivity contribution in [2.24, 2.45) is 0 Å². The van der Waals surface area contributed by atoms with E-state index in [0.29, 0.717) is 23.1 Å². The second-order valence-electron chi connectivity index (χ2n) is 5.79. The number of rotatable bonds is 7. The Balaban J connectivity index is 1.77. The van der Waals surface area contributed by atoms with E-state index in [1.807, 2.05) is 43.3 Å². The van der Waals surface area contributed by atoms with Gasteiger partial charge in [0.15, 0.2) is 23.9 Å². The van der Waals surface area contributed by atoms with Crippen LogP contribution in [0.1, 0.15) is 5.69 Å². The van der Waals surface area contributed by atoms with E-state index in [9.17, 15) is 4.79 Å². The minimum absolute atomic E-state index is 0.110. The molecule has 0 saturated heterocycles. The number of amides is 1. The van der Waals surface area contributed by atoms with Crippen molar-refractivity contribution in [2.45, 2.75) is 6.92 Å². The van der Waals surface area contributed by atoms with E-state index in [-0.39, 0.29) is 12.5 Å². The van der Waals surface area contributed by atoms with Gasteiger partial charge in [0.25, 0.3) is 5.91 Å². The van der Waals surface area contributed by atoms with E-state index in [2.05, 4.69) is 15.5 Å². The van der Waals surface area contributed by atoms with Crippen LogP contribution < -0.4 is 19.5 Å². The number of aryl methyl sites for hydroxylation is 1. The lowest BCUT2D eigenvalue weighted by Crippen LogP contribution is -2.20. The Labute approximate surface area is 157 Å². The summed E-state index contributed by atoms with van der Waals surface area (Å²) in [5.74, 6) is 1.99. The molecule has 0 aliphatic carbocycles. The van der Waals surface area contributed by atoms with Gasteiger partial charge >= 0.3 is 0 Å². The molecule has 1 heterocycles. The number of nitrogens with one attached hydrogen (secondary N) is 2. The molecular formula is C20H21N3O4. The summed E-state index contributed by atoms with van der Waals surface area (Å²) in [7, 11) is 3.16. The van der Waals surface area contributed by atoms with Gasteiger partial charge in [0.05, 0.1) is 14.2 Å². The van der Waals surface area contributed by atoms with Gasteiger partial charge in [-0.3, -0.25) is 9.89 Å². The Kier molecular flexibility index (Phi) is 5.61. The molecule has 0 aliphatic heterocycles. The zero-order valence-corrected chi connectivity index (χ0v) is 15.4. The highest BCUT2D eigenvalue weighted by molar-refractivity contribution is 5.95. The zero-order valence-electron chi connectivity index (χ0n) is 15.4. The maximum Gasteiger partial charge on any atom is 0.263 e. The molecule has 0 saturated carbocycles. The molecule has 7 heteroatoms. The Morgan fingerprint density at radius 3 is 2.52 bits per heavy atom. The van der Waals surface area contributed by atoms with Crippen molar-refractivity contribution in [3.63, 3.8) is 0 Å². The van der Waals surface area contributed by atoms with Gasteiger partial charge in [0, 0.05) is 11.3 Å². The molecule has 0 fully saturated rings. The first-order valence-corrected chi connectivity index (χ1v) is 8.37. The third kappa shape index (κ3) is 4.20. The van der Waals surface area contributed by atoms with Crippen LogP contribution in [0.15, 0.2) is 48.5 Å². The average molecular weight is 367 g/mol. The topological polar surface area (TPSA) is 85.5 Å². The van der Waals surface area contributed by atoms with Crippen molar-refractivity contribution in [1.82, 2.24) is 10.2 Å². The van der Waals surface area contributed by atoms with E-state index in [1.165, 1.54) is 0 Å². The lowest BCUT2D eigenvalue weighted by molar-refractivity contribution is -0.118. The summed E-state index contributed by atoms with van der Waals surface area (Å²) in [6.07, 6.45) is 0. The molecule has 3 rings (SSSR count).